The maximum atomic E-state index is 13.2. The number of hydrogen-bond acceptors (Lipinski definition) is 4. The number of halogens is 2. The molecule has 0 saturated heterocycles. The van der Waals surface area contributed by atoms with E-state index in [1.54, 1.807) is 59.5 Å². The molecule has 150 valence electrons. The number of amides is 1. The van der Waals surface area contributed by atoms with Crippen molar-refractivity contribution in [2.75, 3.05) is 0 Å². The van der Waals surface area contributed by atoms with Crippen molar-refractivity contribution in [3.63, 3.8) is 0 Å². The first-order valence-electron chi connectivity index (χ1n) is 9.21. The molecule has 0 spiro atoms. The van der Waals surface area contributed by atoms with Crippen LogP contribution in [0.4, 0.5) is 4.39 Å². The fraction of sp³-hybridized carbons (Fsp3) is 0.0909. The summed E-state index contributed by atoms with van der Waals surface area (Å²) in [6.45, 7) is 1.82. The van der Waals surface area contributed by atoms with Crippen LogP contribution in [-0.4, -0.2) is 25.9 Å². The maximum absolute atomic E-state index is 13.2. The van der Waals surface area contributed by atoms with E-state index in [0.717, 1.165) is 5.56 Å². The normalized spacial score (nSPS) is 11.8. The largest absolute Gasteiger partial charge is 0.344 e. The average Bonchev–Trinajstić information content (AvgIpc) is 3.20. The third-order valence-corrected chi connectivity index (χ3v) is 4.86. The quantitative estimate of drug-likeness (QED) is 0.510. The molecule has 4 aromatic rings. The molecule has 4 rings (SSSR count). The van der Waals surface area contributed by atoms with Crippen LogP contribution in [0.15, 0.2) is 73.1 Å². The molecular formula is C22H17ClFN5O. The highest BCUT2D eigenvalue weighted by Crippen LogP contribution is 2.26. The first-order chi connectivity index (χ1) is 14.5. The molecule has 6 nitrogen and oxygen atoms in total. The highest BCUT2D eigenvalue weighted by atomic mass is 35.5. The second-order valence-corrected chi connectivity index (χ2v) is 7.10. The second kappa shape index (κ2) is 8.42. The smallest absolute Gasteiger partial charge is 0.274 e. The lowest BCUT2D eigenvalue weighted by atomic mass is 10.1. The van der Waals surface area contributed by atoms with Crippen molar-refractivity contribution in [2.45, 2.75) is 13.0 Å². The third kappa shape index (κ3) is 4.06. The summed E-state index contributed by atoms with van der Waals surface area (Å²) in [5.41, 5.74) is 2.84. The van der Waals surface area contributed by atoms with E-state index in [2.05, 4.69) is 20.6 Å². The highest BCUT2D eigenvalue weighted by Gasteiger charge is 2.23. The van der Waals surface area contributed by atoms with Crippen LogP contribution in [0.25, 0.3) is 16.9 Å². The van der Waals surface area contributed by atoms with E-state index in [4.69, 9.17) is 11.6 Å². The summed E-state index contributed by atoms with van der Waals surface area (Å²) in [6.07, 6.45) is 3.29. The number of nitrogens with zero attached hydrogens (tertiary/aromatic N) is 4. The van der Waals surface area contributed by atoms with Gasteiger partial charge in [0.1, 0.15) is 11.5 Å². The number of carbonyl (C=O) groups excluding carboxylic acids is 1. The van der Waals surface area contributed by atoms with Gasteiger partial charge in [-0.15, -0.1) is 5.10 Å². The predicted octanol–water partition coefficient (Wildman–Crippen LogP) is 4.61. The Hall–Kier alpha value is -3.58. The lowest BCUT2D eigenvalue weighted by molar-refractivity contribution is 0.0935. The Morgan fingerprint density at radius 3 is 2.50 bits per heavy atom. The zero-order valence-electron chi connectivity index (χ0n) is 16.0. The molecule has 30 heavy (non-hydrogen) atoms. The van der Waals surface area contributed by atoms with Gasteiger partial charge in [-0.25, -0.2) is 9.07 Å². The number of nitrogens with one attached hydrogen (secondary N) is 1. The van der Waals surface area contributed by atoms with Crippen molar-refractivity contribution in [3.05, 3.63) is 95.2 Å². The van der Waals surface area contributed by atoms with E-state index in [9.17, 15) is 9.18 Å². The van der Waals surface area contributed by atoms with E-state index in [0.29, 0.717) is 22.0 Å². The summed E-state index contributed by atoms with van der Waals surface area (Å²) in [6, 6.07) is 16.3. The van der Waals surface area contributed by atoms with Crippen molar-refractivity contribution in [3.8, 4) is 16.9 Å². The molecule has 0 bridgehead atoms. The molecule has 2 aromatic heterocycles. The van der Waals surface area contributed by atoms with Crippen molar-refractivity contribution in [1.29, 1.82) is 0 Å². The molecule has 1 unspecified atom stereocenters. The van der Waals surface area contributed by atoms with E-state index < -0.39 is 5.91 Å². The minimum atomic E-state index is -0.397. The Balaban J connectivity index is 1.71. The van der Waals surface area contributed by atoms with Gasteiger partial charge >= 0.3 is 0 Å². The number of rotatable bonds is 5. The van der Waals surface area contributed by atoms with E-state index in [1.807, 2.05) is 13.0 Å². The van der Waals surface area contributed by atoms with Crippen LogP contribution in [0.3, 0.4) is 0 Å². The summed E-state index contributed by atoms with van der Waals surface area (Å²) >= 11 is 5.99. The molecule has 0 aliphatic heterocycles. The molecular weight excluding hydrogens is 405 g/mol. The van der Waals surface area contributed by atoms with Gasteiger partial charge in [0.2, 0.25) is 0 Å². The van der Waals surface area contributed by atoms with E-state index in [1.165, 1.54) is 12.1 Å². The van der Waals surface area contributed by atoms with Gasteiger partial charge in [0.15, 0.2) is 5.69 Å². The molecule has 0 aliphatic carbocycles. The van der Waals surface area contributed by atoms with Gasteiger partial charge in [-0.05, 0) is 61.0 Å². The lowest BCUT2D eigenvalue weighted by Crippen LogP contribution is -2.27. The van der Waals surface area contributed by atoms with Crippen LogP contribution in [0.1, 0.15) is 29.0 Å². The van der Waals surface area contributed by atoms with Crippen LogP contribution in [0.2, 0.25) is 5.02 Å². The zero-order valence-corrected chi connectivity index (χ0v) is 16.7. The molecule has 2 aromatic carbocycles. The first-order valence-corrected chi connectivity index (χ1v) is 9.59. The Morgan fingerprint density at radius 2 is 1.83 bits per heavy atom. The molecule has 0 radical (unpaired) electrons. The summed E-state index contributed by atoms with van der Waals surface area (Å²) < 4.78 is 14.8. The topological polar surface area (TPSA) is 72.7 Å². The lowest BCUT2D eigenvalue weighted by Gasteiger charge is -2.14. The SMILES string of the molecule is CC(NC(=O)c1nnn(-c2ccc(Cl)cc2)c1-c1cccnc1)c1ccc(F)cc1. The van der Waals surface area contributed by atoms with Crippen LogP contribution in [-0.2, 0) is 0 Å². The summed E-state index contributed by atoms with van der Waals surface area (Å²) in [4.78, 5) is 17.2. The van der Waals surface area contributed by atoms with Gasteiger partial charge in [-0.3, -0.25) is 9.78 Å². The van der Waals surface area contributed by atoms with Crippen molar-refractivity contribution >= 4 is 17.5 Å². The minimum absolute atomic E-state index is 0.159. The second-order valence-electron chi connectivity index (χ2n) is 6.66. The molecule has 8 heteroatoms. The standard InChI is InChI=1S/C22H17ClFN5O/c1-14(15-4-8-18(24)9-5-15)26-22(30)20-21(16-3-2-12-25-13-16)29(28-27-20)19-10-6-17(23)7-11-19/h2-14H,1H3,(H,26,30). The van der Waals surface area contributed by atoms with Gasteiger partial charge < -0.3 is 5.32 Å². The summed E-state index contributed by atoms with van der Waals surface area (Å²) in [5, 5.41) is 11.8. The van der Waals surface area contributed by atoms with Crippen LogP contribution in [0.5, 0.6) is 0 Å². The van der Waals surface area contributed by atoms with Gasteiger partial charge in [0, 0.05) is 23.0 Å². The summed E-state index contributed by atoms with van der Waals surface area (Å²) in [7, 11) is 0. The predicted molar refractivity (Wildman–Crippen MR) is 112 cm³/mol. The van der Waals surface area contributed by atoms with Gasteiger partial charge in [-0.2, -0.15) is 0 Å². The van der Waals surface area contributed by atoms with Gasteiger partial charge in [0.05, 0.1) is 11.7 Å². The number of carbonyl (C=O) groups is 1. The maximum Gasteiger partial charge on any atom is 0.274 e. The Morgan fingerprint density at radius 1 is 1.10 bits per heavy atom. The van der Waals surface area contributed by atoms with Gasteiger partial charge in [-0.1, -0.05) is 28.9 Å². The van der Waals surface area contributed by atoms with Gasteiger partial charge in [0.25, 0.3) is 5.91 Å². The number of hydrogen-bond donors (Lipinski definition) is 1. The number of aromatic nitrogens is 4. The van der Waals surface area contributed by atoms with Crippen LogP contribution < -0.4 is 5.32 Å². The number of benzene rings is 2. The molecule has 2 heterocycles. The summed E-state index contributed by atoms with van der Waals surface area (Å²) in [5.74, 6) is -0.729. The Bertz CT molecular complexity index is 1160. The van der Waals surface area contributed by atoms with Crippen molar-refractivity contribution in [1.82, 2.24) is 25.3 Å². The van der Waals surface area contributed by atoms with Crippen molar-refractivity contribution < 1.29 is 9.18 Å². The van der Waals surface area contributed by atoms with E-state index in [-0.39, 0.29) is 17.6 Å². The Labute approximate surface area is 177 Å². The van der Waals surface area contributed by atoms with Crippen LogP contribution in [0, 0.1) is 5.82 Å². The average molecular weight is 422 g/mol. The highest BCUT2D eigenvalue weighted by molar-refractivity contribution is 6.30. The zero-order chi connectivity index (χ0) is 21.1. The molecule has 1 atom stereocenters. The van der Waals surface area contributed by atoms with E-state index >= 15 is 0 Å². The molecule has 1 amide bonds. The molecule has 1 N–H and O–H groups in total. The van der Waals surface area contributed by atoms with Crippen molar-refractivity contribution in [2.24, 2.45) is 0 Å². The third-order valence-electron chi connectivity index (χ3n) is 4.61. The molecule has 0 saturated carbocycles. The first kappa shape index (κ1) is 19.7. The number of pyridine rings is 1. The molecule has 0 fully saturated rings. The molecule has 0 aliphatic rings. The fourth-order valence-electron chi connectivity index (χ4n) is 3.06. The fourth-order valence-corrected chi connectivity index (χ4v) is 3.19. The monoisotopic (exact) mass is 421 g/mol. The van der Waals surface area contributed by atoms with Crippen LogP contribution >= 0.6 is 11.6 Å². The Kier molecular flexibility index (Phi) is 5.54. The minimum Gasteiger partial charge on any atom is -0.344 e.